The van der Waals surface area contributed by atoms with Crippen molar-refractivity contribution in [3.05, 3.63) is 94.8 Å². The molecular formula is C25H23NO. The molecule has 0 unspecified atom stereocenters. The van der Waals surface area contributed by atoms with Crippen molar-refractivity contribution in [1.82, 2.24) is 4.98 Å². The highest BCUT2D eigenvalue weighted by Crippen LogP contribution is 2.38. The van der Waals surface area contributed by atoms with Crippen LogP contribution in [0.5, 0.6) is 0 Å². The van der Waals surface area contributed by atoms with Crippen LogP contribution in [0.2, 0.25) is 0 Å². The Labute approximate surface area is 159 Å². The van der Waals surface area contributed by atoms with Crippen molar-refractivity contribution in [3.8, 4) is 22.3 Å². The minimum Gasteiger partial charge on any atom is -0.321 e. The number of rotatable bonds is 2. The molecule has 0 saturated heterocycles. The fourth-order valence-electron chi connectivity index (χ4n) is 3.73. The number of fused-ring (bicyclic) bond motifs is 1. The first-order valence-electron chi connectivity index (χ1n) is 9.27. The first-order chi connectivity index (χ1) is 13.0. The van der Waals surface area contributed by atoms with Gasteiger partial charge in [-0.2, -0.15) is 0 Å². The molecule has 2 heteroatoms. The normalized spacial score (nSPS) is 11.7. The average molecular weight is 353 g/mol. The molecule has 0 amide bonds. The van der Waals surface area contributed by atoms with Crippen LogP contribution in [0.1, 0.15) is 26.3 Å². The third kappa shape index (κ3) is 3.08. The molecule has 0 fully saturated rings. The second kappa shape index (κ2) is 6.55. The zero-order valence-corrected chi connectivity index (χ0v) is 15.9. The smallest absolute Gasteiger partial charge is 0.256 e. The lowest BCUT2D eigenvalue weighted by Gasteiger charge is -2.23. The Kier molecular flexibility index (Phi) is 4.19. The second-order valence-corrected chi connectivity index (χ2v) is 7.91. The van der Waals surface area contributed by atoms with E-state index in [1.54, 1.807) is 0 Å². The van der Waals surface area contributed by atoms with E-state index >= 15 is 0 Å². The van der Waals surface area contributed by atoms with Gasteiger partial charge in [-0.15, -0.1) is 0 Å². The van der Waals surface area contributed by atoms with E-state index in [2.05, 4.69) is 56.1 Å². The van der Waals surface area contributed by atoms with Gasteiger partial charge in [-0.1, -0.05) is 99.6 Å². The first kappa shape index (κ1) is 17.3. The van der Waals surface area contributed by atoms with Crippen LogP contribution in [0.3, 0.4) is 0 Å². The molecule has 0 bridgehead atoms. The standard InChI is InChI=1S/C25H23NO/c1-25(2,3)20-16-10-15-19-21(17-11-6-4-7-12-17)22(24(27)26-23(19)20)18-13-8-5-9-14-18/h4-16H,1-3H3,(H,26,27). The van der Waals surface area contributed by atoms with Gasteiger partial charge in [0.25, 0.3) is 5.56 Å². The third-order valence-electron chi connectivity index (χ3n) is 4.98. The van der Waals surface area contributed by atoms with Crippen molar-refractivity contribution in [2.75, 3.05) is 0 Å². The van der Waals surface area contributed by atoms with E-state index in [-0.39, 0.29) is 11.0 Å². The fourth-order valence-corrected chi connectivity index (χ4v) is 3.73. The summed E-state index contributed by atoms with van der Waals surface area (Å²) < 4.78 is 0. The van der Waals surface area contributed by atoms with E-state index in [4.69, 9.17) is 0 Å². The molecule has 1 N–H and O–H groups in total. The lowest BCUT2D eigenvalue weighted by molar-refractivity contribution is 0.594. The van der Waals surface area contributed by atoms with Gasteiger partial charge >= 0.3 is 0 Å². The van der Waals surface area contributed by atoms with Crippen LogP contribution in [0, 0.1) is 0 Å². The van der Waals surface area contributed by atoms with Gasteiger partial charge in [0, 0.05) is 10.9 Å². The number of pyridine rings is 1. The van der Waals surface area contributed by atoms with Crippen LogP contribution < -0.4 is 5.56 Å². The number of aromatic amines is 1. The highest BCUT2D eigenvalue weighted by Gasteiger charge is 2.22. The van der Waals surface area contributed by atoms with E-state index in [1.807, 2.05) is 48.5 Å². The van der Waals surface area contributed by atoms with Crippen LogP contribution in [-0.4, -0.2) is 4.98 Å². The van der Waals surface area contributed by atoms with Crippen LogP contribution in [0.25, 0.3) is 33.2 Å². The highest BCUT2D eigenvalue weighted by atomic mass is 16.1. The fraction of sp³-hybridized carbons (Fsp3) is 0.160. The summed E-state index contributed by atoms with van der Waals surface area (Å²) in [4.78, 5) is 16.4. The predicted octanol–water partition coefficient (Wildman–Crippen LogP) is 6.16. The number of benzene rings is 3. The summed E-state index contributed by atoms with van der Waals surface area (Å²) in [5.74, 6) is 0. The predicted molar refractivity (Wildman–Crippen MR) is 114 cm³/mol. The van der Waals surface area contributed by atoms with Crippen molar-refractivity contribution in [1.29, 1.82) is 0 Å². The largest absolute Gasteiger partial charge is 0.321 e. The summed E-state index contributed by atoms with van der Waals surface area (Å²) in [6, 6.07) is 26.4. The SMILES string of the molecule is CC(C)(C)c1cccc2c(-c3ccccc3)c(-c3ccccc3)c(=O)[nH]c12. The molecule has 0 aliphatic carbocycles. The van der Waals surface area contributed by atoms with E-state index in [9.17, 15) is 4.79 Å². The average Bonchev–Trinajstić information content (AvgIpc) is 2.67. The summed E-state index contributed by atoms with van der Waals surface area (Å²) in [7, 11) is 0. The molecule has 0 aliphatic rings. The van der Waals surface area contributed by atoms with Crippen LogP contribution in [0.4, 0.5) is 0 Å². The summed E-state index contributed by atoms with van der Waals surface area (Å²) >= 11 is 0. The van der Waals surface area contributed by atoms with E-state index in [0.717, 1.165) is 38.7 Å². The number of hydrogen-bond donors (Lipinski definition) is 1. The molecule has 0 saturated carbocycles. The van der Waals surface area contributed by atoms with Gasteiger partial charge in [0.05, 0.1) is 11.1 Å². The Bertz CT molecular complexity index is 1150. The lowest BCUT2D eigenvalue weighted by Crippen LogP contribution is -2.17. The molecule has 27 heavy (non-hydrogen) atoms. The summed E-state index contributed by atoms with van der Waals surface area (Å²) in [5.41, 5.74) is 5.66. The molecule has 2 nitrogen and oxygen atoms in total. The summed E-state index contributed by atoms with van der Waals surface area (Å²) in [6.45, 7) is 6.52. The molecule has 0 aliphatic heterocycles. The molecule has 0 spiro atoms. The molecule has 4 rings (SSSR count). The van der Waals surface area contributed by atoms with Crippen molar-refractivity contribution >= 4 is 10.9 Å². The van der Waals surface area contributed by atoms with Crippen molar-refractivity contribution < 1.29 is 0 Å². The maximum absolute atomic E-state index is 13.3. The van der Waals surface area contributed by atoms with Crippen molar-refractivity contribution in [3.63, 3.8) is 0 Å². The molecule has 0 atom stereocenters. The zero-order valence-electron chi connectivity index (χ0n) is 15.9. The topological polar surface area (TPSA) is 32.9 Å². The molecule has 4 aromatic rings. The van der Waals surface area contributed by atoms with Gasteiger partial charge in [0.1, 0.15) is 0 Å². The number of para-hydroxylation sites is 1. The van der Waals surface area contributed by atoms with Crippen LogP contribution in [0.15, 0.2) is 83.7 Å². The highest BCUT2D eigenvalue weighted by molar-refractivity contribution is 6.03. The van der Waals surface area contributed by atoms with Gasteiger partial charge < -0.3 is 4.98 Å². The third-order valence-corrected chi connectivity index (χ3v) is 4.98. The Hall–Kier alpha value is -3.13. The Morgan fingerprint density at radius 1 is 0.667 bits per heavy atom. The molecule has 134 valence electrons. The second-order valence-electron chi connectivity index (χ2n) is 7.91. The van der Waals surface area contributed by atoms with Gasteiger partial charge in [-0.25, -0.2) is 0 Å². The molecular weight excluding hydrogens is 330 g/mol. The molecule has 1 aromatic heterocycles. The minimum absolute atomic E-state index is 0.0516. The lowest BCUT2D eigenvalue weighted by atomic mass is 9.83. The van der Waals surface area contributed by atoms with Crippen LogP contribution >= 0.6 is 0 Å². The number of hydrogen-bond acceptors (Lipinski definition) is 1. The zero-order chi connectivity index (χ0) is 19.0. The Balaban J connectivity index is 2.19. The quantitative estimate of drug-likeness (QED) is 0.460. The maximum atomic E-state index is 13.3. The summed E-state index contributed by atoms with van der Waals surface area (Å²) in [6.07, 6.45) is 0. The van der Waals surface area contributed by atoms with Gasteiger partial charge in [0.2, 0.25) is 0 Å². The van der Waals surface area contributed by atoms with Crippen molar-refractivity contribution in [2.24, 2.45) is 0 Å². The maximum Gasteiger partial charge on any atom is 0.256 e. The Morgan fingerprint density at radius 2 is 1.22 bits per heavy atom. The van der Waals surface area contributed by atoms with Crippen LogP contribution in [-0.2, 0) is 5.41 Å². The number of H-pyrrole nitrogens is 1. The van der Waals surface area contributed by atoms with Gasteiger partial charge in [-0.3, -0.25) is 4.79 Å². The number of aromatic nitrogens is 1. The monoisotopic (exact) mass is 353 g/mol. The summed E-state index contributed by atoms with van der Waals surface area (Å²) in [5, 5.41) is 1.08. The van der Waals surface area contributed by atoms with E-state index in [1.165, 1.54) is 0 Å². The van der Waals surface area contributed by atoms with E-state index in [0.29, 0.717) is 0 Å². The first-order valence-corrected chi connectivity index (χ1v) is 9.27. The van der Waals surface area contributed by atoms with Gasteiger partial charge in [0.15, 0.2) is 0 Å². The van der Waals surface area contributed by atoms with Crippen molar-refractivity contribution in [2.45, 2.75) is 26.2 Å². The molecule has 3 aromatic carbocycles. The molecule has 1 heterocycles. The molecule has 0 radical (unpaired) electrons. The van der Waals surface area contributed by atoms with E-state index < -0.39 is 0 Å². The minimum atomic E-state index is -0.0648. The van der Waals surface area contributed by atoms with Gasteiger partial charge in [-0.05, 0) is 22.1 Å². The Morgan fingerprint density at radius 3 is 1.78 bits per heavy atom. The number of nitrogens with one attached hydrogen (secondary N) is 1.